The Bertz CT molecular complexity index is 620. The summed E-state index contributed by atoms with van der Waals surface area (Å²) in [7, 11) is 0. The third-order valence-electron chi connectivity index (χ3n) is 3.36. The van der Waals surface area contributed by atoms with Gasteiger partial charge in [0.05, 0.1) is 12.6 Å². The number of ether oxygens (including phenoxy) is 1. The number of hydrogen-bond donors (Lipinski definition) is 3. The molecule has 0 spiro atoms. The first kappa shape index (κ1) is 18.2. The SMILES string of the molecule is CSc1ccc(C(O)CNC(=O)NCCOc2ccccc2)cc1. The van der Waals surface area contributed by atoms with Gasteiger partial charge in [-0.05, 0) is 36.1 Å². The maximum Gasteiger partial charge on any atom is 0.315 e. The molecule has 0 heterocycles. The van der Waals surface area contributed by atoms with E-state index in [0.29, 0.717) is 13.2 Å². The van der Waals surface area contributed by atoms with E-state index in [9.17, 15) is 9.90 Å². The highest BCUT2D eigenvalue weighted by Gasteiger charge is 2.09. The summed E-state index contributed by atoms with van der Waals surface area (Å²) in [5.41, 5.74) is 0.778. The van der Waals surface area contributed by atoms with Crippen molar-refractivity contribution < 1.29 is 14.6 Å². The van der Waals surface area contributed by atoms with Crippen molar-refractivity contribution in [1.29, 1.82) is 0 Å². The van der Waals surface area contributed by atoms with Crippen LogP contribution in [0.25, 0.3) is 0 Å². The van der Waals surface area contributed by atoms with E-state index in [2.05, 4.69) is 10.6 Å². The van der Waals surface area contributed by atoms with Gasteiger partial charge >= 0.3 is 6.03 Å². The molecule has 3 N–H and O–H groups in total. The van der Waals surface area contributed by atoms with E-state index in [1.165, 1.54) is 0 Å². The molecule has 0 bridgehead atoms. The van der Waals surface area contributed by atoms with Gasteiger partial charge in [0.25, 0.3) is 0 Å². The van der Waals surface area contributed by atoms with Crippen molar-refractivity contribution in [2.24, 2.45) is 0 Å². The molecule has 0 aliphatic rings. The highest BCUT2D eigenvalue weighted by atomic mass is 32.2. The summed E-state index contributed by atoms with van der Waals surface area (Å²) in [5, 5.41) is 15.4. The van der Waals surface area contributed by atoms with Crippen molar-refractivity contribution in [2.45, 2.75) is 11.0 Å². The molecule has 1 unspecified atom stereocenters. The zero-order chi connectivity index (χ0) is 17.2. The molecule has 0 aliphatic heterocycles. The molecule has 1 atom stereocenters. The zero-order valence-electron chi connectivity index (χ0n) is 13.6. The van der Waals surface area contributed by atoms with Crippen molar-refractivity contribution in [1.82, 2.24) is 10.6 Å². The van der Waals surface area contributed by atoms with Gasteiger partial charge in [-0.2, -0.15) is 0 Å². The standard InChI is InChI=1S/C18H22N2O3S/c1-24-16-9-7-14(8-10-16)17(21)13-20-18(22)19-11-12-23-15-5-3-2-4-6-15/h2-10,17,21H,11-13H2,1H3,(H2,19,20,22). The molecule has 24 heavy (non-hydrogen) atoms. The predicted molar refractivity (Wildman–Crippen MR) is 96.5 cm³/mol. The van der Waals surface area contributed by atoms with Crippen LogP contribution < -0.4 is 15.4 Å². The summed E-state index contributed by atoms with van der Waals surface area (Å²) < 4.78 is 5.48. The van der Waals surface area contributed by atoms with E-state index in [0.717, 1.165) is 16.2 Å². The van der Waals surface area contributed by atoms with Crippen molar-refractivity contribution in [2.75, 3.05) is 26.0 Å². The molecular weight excluding hydrogens is 324 g/mol. The molecule has 0 aliphatic carbocycles. The number of carbonyl (C=O) groups is 1. The molecule has 2 aromatic rings. The van der Waals surface area contributed by atoms with Crippen LogP contribution in [0.1, 0.15) is 11.7 Å². The summed E-state index contributed by atoms with van der Waals surface area (Å²) >= 11 is 1.64. The van der Waals surface area contributed by atoms with Gasteiger partial charge in [0.15, 0.2) is 0 Å². The van der Waals surface area contributed by atoms with E-state index >= 15 is 0 Å². The van der Waals surface area contributed by atoms with Crippen molar-refractivity contribution in [3.05, 3.63) is 60.2 Å². The first-order valence-corrected chi connectivity index (χ1v) is 8.93. The van der Waals surface area contributed by atoms with Gasteiger partial charge in [0, 0.05) is 11.4 Å². The number of para-hydroxylation sites is 1. The van der Waals surface area contributed by atoms with Crippen molar-refractivity contribution in [3.63, 3.8) is 0 Å². The van der Waals surface area contributed by atoms with E-state index in [-0.39, 0.29) is 12.6 Å². The number of thioether (sulfide) groups is 1. The number of aliphatic hydroxyl groups is 1. The van der Waals surface area contributed by atoms with Gasteiger partial charge in [-0.25, -0.2) is 4.79 Å². The predicted octanol–water partition coefficient (Wildman–Crippen LogP) is 2.82. The molecule has 0 aromatic heterocycles. The Balaban J connectivity index is 1.63. The Labute approximate surface area is 146 Å². The number of carbonyl (C=O) groups excluding carboxylic acids is 1. The summed E-state index contributed by atoms with van der Waals surface area (Å²) in [4.78, 5) is 12.8. The maximum absolute atomic E-state index is 11.7. The van der Waals surface area contributed by atoms with Crippen molar-refractivity contribution >= 4 is 17.8 Å². The fraction of sp³-hybridized carbons (Fsp3) is 0.278. The molecule has 2 rings (SSSR count). The van der Waals surface area contributed by atoms with Gasteiger partial charge in [0.2, 0.25) is 0 Å². The first-order valence-electron chi connectivity index (χ1n) is 7.70. The van der Waals surface area contributed by atoms with Gasteiger partial charge in [-0.1, -0.05) is 30.3 Å². The monoisotopic (exact) mass is 346 g/mol. The average Bonchev–Trinajstić information content (AvgIpc) is 2.64. The molecule has 128 valence electrons. The summed E-state index contributed by atoms with van der Waals surface area (Å²) in [6, 6.07) is 16.7. The normalized spacial score (nSPS) is 11.6. The molecule has 2 amide bonds. The highest BCUT2D eigenvalue weighted by molar-refractivity contribution is 7.98. The Morgan fingerprint density at radius 3 is 2.50 bits per heavy atom. The lowest BCUT2D eigenvalue weighted by Gasteiger charge is -2.13. The number of nitrogens with one attached hydrogen (secondary N) is 2. The number of benzene rings is 2. The number of aliphatic hydroxyl groups excluding tert-OH is 1. The number of urea groups is 1. The second-order valence-corrected chi connectivity index (χ2v) is 5.97. The van der Waals surface area contributed by atoms with Crippen LogP contribution in [0.4, 0.5) is 4.79 Å². The Kier molecular flexibility index (Phi) is 7.45. The molecule has 6 heteroatoms. The topological polar surface area (TPSA) is 70.6 Å². The number of hydrogen-bond acceptors (Lipinski definition) is 4. The lowest BCUT2D eigenvalue weighted by Crippen LogP contribution is -2.39. The third kappa shape index (κ3) is 6.14. The van der Waals surface area contributed by atoms with Crippen LogP contribution in [0.15, 0.2) is 59.5 Å². The lowest BCUT2D eigenvalue weighted by molar-refractivity contribution is 0.172. The van der Waals surface area contributed by atoms with Gasteiger partial charge in [0.1, 0.15) is 12.4 Å². The minimum absolute atomic E-state index is 0.157. The number of amides is 2. The van der Waals surface area contributed by atoms with E-state index in [4.69, 9.17) is 4.74 Å². The Hall–Kier alpha value is -2.18. The number of rotatable bonds is 8. The molecule has 0 fully saturated rings. The molecule has 0 saturated heterocycles. The fourth-order valence-corrected chi connectivity index (χ4v) is 2.45. The van der Waals surface area contributed by atoms with Crippen LogP contribution in [0, 0.1) is 0 Å². The lowest BCUT2D eigenvalue weighted by atomic mass is 10.1. The van der Waals surface area contributed by atoms with Crippen LogP contribution in [0.5, 0.6) is 5.75 Å². The van der Waals surface area contributed by atoms with Crippen molar-refractivity contribution in [3.8, 4) is 5.75 Å². The molecular formula is C18H22N2O3S. The second kappa shape index (κ2) is 9.85. The molecule has 5 nitrogen and oxygen atoms in total. The fourth-order valence-electron chi connectivity index (χ4n) is 2.05. The van der Waals surface area contributed by atoms with Crippen LogP contribution >= 0.6 is 11.8 Å². The maximum atomic E-state index is 11.7. The average molecular weight is 346 g/mol. The molecule has 2 aromatic carbocycles. The third-order valence-corrected chi connectivity index (χ3v) is 4.10. The smallest absolute Gasteiger partial charge is 0.315 e. The van der Waals surface area contributed by atoms with E-state index < -0.39 is 6.10 Å². The van der Waals surface area contributed by atoms with Crippen LogP contribution in [0.2, 0.25) is 0 Å². The Morgan fingerprint density at radius 2 is 1.83 bits per heavy atom. The van der Waals surface area contributed by atoms with E-state index in [1.54, 1.807) is 11.8 Å². The first-order chi connectivity index (χ1) is 11.7. The summed E-state index contributed by atoms with van der Waals surface area (Å²) in [6.07, 6.45) is 1.27. The minimum atomic E-state index is -0.729. The highest BCUT2D eigenvalue weighted by Crippen LogP contribution is 2.18. The molecule has 0 saturated carbocycles. The largest absolute Gasteiger partial charge is 0.492 e. The summed E-state index contributed by atoms with van der Waals surface area (Å²) in [5.74, 6) is 0.767. The molecule has 0 radical (unpaired) electrons. The van der Waals surface area contributed by atoms with Crippen LogP contribution in [-0.4, -0.2) is 37.1 Å². The van der Waals surface area contributed by atoms with Crippen LogP contribution in [0.3, 0.4) is 0 Å². The van der Waals surface area contributed by atoms with Crippen LogP contribution in [-0.2, 0) is 0 Å². The second-order valence-electron chi connectivity index (χ2n) is 5.09. The van der Waals surface area contributed by atoms with E-state index in [1.807, 2.05) is 60.9 Å². The quantitative estimate of drug-likeness (QED) is 0.508. The Morgan fingerprint density at radius 1 is 1.12 bits per heavy atom. The van der Waals surface area contributed by atoms with Gasteiger partial charge in [-0.3, -0.25) is 0 Å². The van der Waals surface area contributed by atoms with Gasteiger partial charge < -0.3 is 20.5 Å². The van der Waals surface area contributed by atoms with Gasteiger partial charge in [-0.15, -0.1) is 11.8 Å². The zero-order valence-corrected chi connectivity index (χ0v) is 14.4. The minimum Gasteiger partial charge on any atom is -0.492 e. The summed E-state index contributed by atoms with van der Waals surface area (Å²) in [6.45, 7) is 0.930.